The maximum absolute atomic E-state index is 12.7. The van der Waals surface area contributed by atoms with Gasteiger partial charge in [-0.1, -0.05) is 30.3 Å². The Kier molecular flexibility index (Phi) is 5.35. The number of fused-ring (bicyclic) bond motifs is 1. The molecule has 1 N–H and O–H groups in total. The average molecular weight is 406 g/mol. The standard InChI is InChI=1S/C23H22N2O5/c1-14(16-7-8-16)24-20(26)13-30-23(29)17-9-10-18-19(11-17)22(28)25(21(18)27)12-15-5-3-2-4-6-15/h2-6,9-11,14,16H,7-8,12-13H2,1H3,(H,24,26)/t14-/m1/s1. The monoisotopic (exact) mass is 406 g/mol. The fourth-order valence-electron chi connectivity index (χ4n) is 3.55. The summed E-state index contributed by atoms with van der Waals surface area (Å²) in [6.45, 7) is 1.70. The SMILES string of the molecule is C[C@@H](NC(=O)COC(=O)c1ccc2c(c1)C(=O)N(Cc1ccccc1)C2=O)C1CC1. The fourth-order valence-corrected chi connectivity index (χ4v) is 3.55. The van der Waals surface area contributed by atoms with Gasteiger partial charge in [-0.15, -0.1) is 0 Å². The minimum atomic E-state index is -0.714. The van der Waals surface area contributed by atoms with Crippen molar-refractivity contribution in [2.75, 3.05) is 6.61 Å². The van der Waals surface area contributed by atoms with Crippen molar-refractivity contribution in [2.45, 2.75) is 32.4 Å². The van der Waals surface area contributed by atoms with Gasteiger partial charge >= 0.3 is 5.97 Å². The lowest BCUT2D eigenvalue weighted by Gasteiger charge is -2.13. The van der Waals surface area contributed by atoms with Crippen molar-refractivity contribution in [1.29, 1.82) is 0 Å². The maximum Gasteiger partial charge on any atom is 0.338 e. The molecule has 0 bridgehead atoms. The molecule has 1 saturated carbocycles. The Labute approximate surface area is 174 Å². The fraction of sp³-hybridized carbons (Fsp3) is 0.304. The lowest BCUT2D eigenvalue weighted by molar-refractivity contribution is -0.125. The lowest BCUT2D eigenvalue weighted by atomic mass is 10.1. The van der Waals surface area contributed by atoms with E-state index >= 15 is 0 Å². The smallest absolute Gasteiger partial charge is 0.338 e. The second-order valence-electron chi connectivity index (χ2n) is 7.71. The molecule has 3 amide bonds. The number of imide groups is 1. The number of esters is 1. The van der Waals surface area contributed by atoms with Crippen LogP contribution in [0.5, 0.6) is 0 Å². The zero-order chi connectivity index (χ0) is 21.3. The van der Waals surface area contributed by atoms with Crippen LogP contribution in [0.4, 0.5) is 0 Å². The minimum Gasteiger partial charge on any atom is -0.452 e. The van der Waals surface area contributed by atoms with Crippen LogP contribution in [0.25, 0.3) is 0 Å². The Morgan fingerprint density at radius 1 is 1.07 bits per heavy atom. The molecule has 0 aromatic heterocycles. The second kappa shape index (κ2) is 8.10. The van der Waals surface area contributed by atoms with Gasteiger partial charge in [0, 0.05) is 6.04 Å². The van der Waals surface area contributed by atoms with Gasteiger partial charge in [0.15, 0.2) is 6.61 Å². The minimum absolute atomic E-state index is 0.0652. The van der Waals surface area contributed by atoms with Crippen molar-refractivity contribution in [3.8, 4) is 0 Å². The predicted molar refractivity (Wildman–Crippen MR) is 108 cm³/mol. The van der Waals surface area contributed by atoms with Gasteiger partial charge in [-0.05, 0) is 49.4 Å². The summed E-state index contributed by atoms with van der Waals surface area (Å²) in [7, 11) is 0. The van der Waals surface area contributed by atoms with Gasteiger partial charge < -0.3 is 10.1 Å². The van der Waals surface area contributed by atoms with Gasteiger partial charge in [0.25, 0.3) is 17.7 Å². The van der Waals surface area contributed by atoms with Crippen LogP contribution in [0.1, 0.15) is 56.4 Å². The molecule has 7 heteroatoms. The number of rotatable bonds is 7. The summed E-state index contributed by atoms with van der Waals surface area (Å²) in [4.78, 5) is 50.7. The van der Waals surface area contributed by atoms with Crippen LogP contribution in [0.3, 0.4) is 0 Å². The highest BCUT2D eigenvalue weighted by Crippen LogP contribution is 2.32. The highest BCUT2D eigenvalue weighted by molar-refractivity contribution is 6.21. The van der Waals surface area contributed by atoms with Gasteiger partial charge in [0.2, 0.25) is 0 Å². The summed E-state index contributed by atoms with van der Waals surface area (Å²) < 4.78 is 5.07. The van der Waals surface area contributed by atoms with Crippen LogP contribution < -0.4 is 5.32 Å². The summed E-state index contributed by atoms with van der Waals surface area (Å²) in [5, 5.41) is 2.81. The molecule has 4 rings (SSSR count). The van der Waals surface area contributed by atoms with E-state index in [1.807, 2.05) is 37.3 Å². The third-order valence-corrected chi connectivity index (χ3v) is 5.44. The van der Waals surface area contributed by atoms with E-state index in [9.17, 15) is 19.2 Å². The van der Waals surface area contributed by atoms with E-state index in [0.717, 1.165) is 23.3 Å². The first-order valence-corrected chi connectivity index (χ1v) is 9.94. The van der Waals surface area contributed by atoms with Crippen molar-refractivity contribution in [3.63, 3.8) is 0 Å². The van der Waals surface area contributed by atoms with E-state index in [0.29, 0.717) is 5.92 Å². The molecule has 2 aromatic rings. The molecule has 2 aliphatic rings. The number of hydrogen-bond donors (Lipinski definition) is 1. The molecule has 0 radical (unpaired) electrons. The molecule has 0 spiro atoms. The van der Waals surface area contributed by atoms with E-state index < -0.39 is 17.8 Å². The Bertz CT molecular complexity index is 1010. The molecule has 0 saturated heterocycles. The summed E-state index contributed by atoms with van der Waals surface area (Å²) in [6, 6.07) is 13.5. The second-order valence-corrected chi connectivity index (χ2v) is 7.71. The van der Waals surface area contributed by atoms with E-state index in [1.165, 1.54) is 18.2 Å². The maximum atomic E-state index is 12.7. The highest BCUT2D eigenvalue weighted by atomic mass is 16.5. The lowest BCUT2D eigenvalue weighted by Crippen LogP contribution is -2.37. The van der Waals surface area contributed by atoms with E-state index in [2.05, 4.69) is 5.32 Å². The van der Waals surface area contributed by atoms with Crippen molar-refractivity contribution in [3.05, 3.63) is 70.8 Å². The Morgan fingerprint density at radius 3 is 2.47 bits per heavy atom. The molecule has 1 fully saturated rings. The molecular weight excluding hydrogens is 384 g/mol. The van der Waals surface area contributed by atoms with Crippen LogP contribution >= 0.6 is 0 Å². The topological polar surface area (TPSA) is 92.8 Å². The number of benzene rings is 2. The van der Waals surface area contributed by atoms with Gasteiger partial charge in [-0.3, -0.25) is 19.3 Å². The Hall–Kier alpha value is -3.48. The van der Waals surface area contributed by atoms with Crippen LogP contribution in [-0.2, 0) is 16.1 Å². The Morgan fingerprint density at radius 2 is 1.77 bits per heavy atom. The summed E-state index contributed by atoms with van der Waals surface area (Å²) in [6.07, 6.45) is 2.20. The number of ether oxygens (including phenoxy) is 1. The van der Waals surface area contributed by atoms with E-state index in [1.54, 1.807) is 0 Å². The molecule has 1 aliphatic carbocycles. The van der Waals surface area contributed by atoms with E-state index in [4.69, 9.17) is 4.74 Å². The van der Waals surface area contributed by atoms with Crippen molar-refractivity contribution < 1.29 is 23.9 Å². The van der Waals surface area contributed by atoms with Crippen molar-refractivity contribution in [2.24, 2.45) is 5.92 Å². The third-order valence-electron chi connectivity index (χ3n) is 5.44. The molecule has 7 nitrogen and oxygen atoms in total. The normalized spacial score (nSPS) is 16.2. The molecule has 1 atom stereocenters. The van der Waals surface area contributed by atoms with Gasteiger partial charge in [-0.25, -0.2) is 4.79 Å². The van der Waals surface area contributed by atoms with Crippen molar-refractivity contribution >= 4 is 23.7 Å². The molecule has 1 aliphatic heterocycles. The molecule has 30 heavy (non-hydrogen) atoms. The number of hydrogen-bond acceptors (Lipinski definition) is 5. The van der Waals surface area contributed by atoms with Crippen LogP contribution in [0, 0.1) is 5.92 Å². The zero-order valence-corrected chi connectivity index (χ0v) is 16.6. The number of nitrogens with one attached hydrogen (secondary N) is 1. The van der Waals surface area contributed by atoms with Gasteiger partial charge in [0.1, 0.15) is 0 Å². The third kappa shape index (κ3) is 4.10. The first-order valence-electron chi connectivity index (χ1n) is 9.94. The Balaban J connectivity index is 1.40. The molecule has 0 unspecified atom stereocenters. The van der Waals surface area contributed by atoms with Crippen molar-refractivity contribution in [1.82, 2.24) is 10.2 Å². The molecular formula is C23H22N2O5. The summed E-state index contributed by atoms with van der Waals surface area (Å²) in [5.74, 6) is -1.42. The molecule has 2 aromatic carbocycles. The van der Waals surface area contributed by atoms with Gasteiger partial charge in [0.05, 0.1) is 23.2 Å². The van der Waals surface area contributed by atoms with Crippen LogP contribution in [0.2, 0.25) is 0 Å². The largest absolute Gasteiger partial charge is 0.452 e. The zero-order valence-electron chi connectivity index (χ0n) is 16.6. The summed E-state index contributed by atoms with van der Waals surface area (Å²) >= 11 is 0. The average Bonchev–Trinajstić information content (AvgIpc) is 3.58. The highest BCUT2D eigenvalue weighted by Gasteiger charge is 2.36. The van der Waals surface area contributed by atoms with Crippen LogP contribution in [-0.4, -0.2) is 41.2 Å². The number of carbonyl (C=O) groups is 4. The molecule has 154 valence electrons. The quantitative estimate of drug-likeness (QED) is 0.564. The first kappa shape index (κ1) is 19.8. The molecule has 1 heterocycles. The summed E-state index contributed by atoms with van der Waals surface area (Å²) in [5.41, 5.74) is 1.37. The van der Waals surface area contributed by atoms with Gasteiger partial charge in [-0.2, -0.15) is 0 Å². The van der Waals surface area contributed by atoms with Crippen LogP contribution in [0.15, 0.2) is 48.5 Å². The van der Waals surface area contributed by atoms with E-state index in [-0.39, 0.29) is 41.8 Å². The number of amides is 3. The number of carbonyl (C=O) groups excluding carboxylic acids is 4. The first-order chi connectivity index (χ1) is 14.4. The predicted octanol–water partition coefficient (Wildman–Crippen LogP) is 2.55. The number of nitrogens with zero attached hydrogens (tertiary/aromatic N) is 1.